The van der Waals surface area contributed by atoms with Gasteiger partial charge in [-0.2, -0.15) is 26.3 Å². The third kappa shape index (κ3) is 8.53. The minimum absolute atomic E-state index is 0.0361. The standard InChI is InChI=1S/C26H28F6N4O4/c1-34-8-3-6-21(34)15-36(16-22-7-4-11-40-22)23(37)17-35(9-5-10-39-2)24(38)33-20-13-18(25(27,28)29)12-19(14-20)26(30,31)32/h3-4,6-8,11-14H,5,9-10,15-17H2,1-2H3,(H,33,38). The smallest absolute Gasteiger partial charge is 0.416 e. The summed E-state index contributed by atoms with van der Waals surface area (Å²) in [5.74, 6) is -0.0493. The van der Waals surface area contributed by atoms with Gasteiger partial charge < -0.3 is 28.8 Å². The van der Waals surface area contributed by atoms with Crippen LogP contribution in [0, 0.1) is 0 Å². The first-order valence-electron chi connectivity index (χ1n) is 12.0. The number of aryl methyl sites for hydroxylation is 1. The van der Waals surface area contributed by atoms with E-state index < -0.39 is 47.6 Å². The number of methoxy groups -OCH3 is 1. The summed E-state index contributed by atoms with van der Waals surface area (Å²) < 4.78 is 91.8. The highest BCUT2D eigenvalue weighted by molar-refractivity contribution is 5.92. The average molecular weight is 575 g/mol. The molecule has 2 heterocycles. The number of nitrogens with zero attached hydrogens (tertiary/aromatic N) is 3. The molecule has 3 amide bonds. The highest BCUT2D eigenvalue weighted by atomic mass is 19.4. The van der Waals surface area contributed by atoms with Crippen molar-refractivity contribution in [2.75, 3.05) is 32.1 Å². The van der Waals surface area contributed by atoms with E-state index in [0.29, 0.717) is 17.9 Å². The van der Waals surface area contributed by atoms with Gasteiger partial charge in [-0.3, -0.25) is 4.79 Å². The number of hydrogen-bond donors (Lipinski definition) is 1. The summed E-state index contributed by atoms with van der Waals surface area (Å²) in [6.07, 6.45) is -6.69. The van der Waals surface area contributed by atoms with Gasteiger partial charge in [0.1, 0.15) is 12.3 Å². The lowest BCUT2D eigenvalue weighted by atomic mass is 10.1. The van der Waals surface area contributed by atoms with Gasteiger partial charge in [0.2, 0.25) is 5.91 Å². The topological polar surface area (TPSA) is 80.0 Å². The Labute approximate surface area is 226 Å². The van der Waals surface area contributed by atoms with Gasteiger partial charge in [-0.15, -0.1) is 0 Å². The van der Waals surface area contributed by atoms with Gasteiger partial charge in [0.05, 0.1) is 30.5 Å². The van der Waals surface area contributed by atoms with Crippen LogP contribution in [0.1, 0.15) is 29.0 Å². The molecule has 8 nitrogen and oxygen atoms in total. The molecule has 0 saturated carbocycles. The molecule has 3 rings (SSSR count). The number of amides is 3. The van der Waals surface area contributed by atoms with Crippen LogP contribution >= 0.6 is 0 Å². The summed E-state index contributed by atoms with van der Waals surface area (Å²) in [6.45, 7) is -0.160. The SMILES string of the molecule is COCCCN(CC(=O)N(Cc1ccco1)Cc1cccn1C)C(=O)Nc1cc(C(F)(F)F)cc(C(F)(F)F)c1. The van der Waals surface area contributed by atoms with Crippen molar-refractivity contribution in [3.8, 4) is 0 Å². The molecule has 0 radical (unpaired) electrons. The van der Waals surface area contributed by atoms with E-state index in [1.165, 1.54) is 18.3 Å². The highest BCUT2D eigenvalue weighted by Crippen LogP contribution is 2.37. The van der Waals surface area contributed by atoms with Crippen LogP contribution in [-0.4, -0.2) is 53.1 Å². The van der Waals surface area contributed by atoms with Crippen LogP contribution in [0.15, 0.2) is 59.3 Å². The van der Waals surface area contributed by atoms with E-state index in [-0.39, 0.29) is 38.7 Å². The van der Waals surface area contributed by atoms with Crippen LogP contribution in [0.25, 0.3) is 0 Å². The van der Waals surface area contributed by atoms with Gasteiger partial charge >= 0.3 is 18.4 Å². The Morgan fingerprint density at radius 3 is 2.17 bits per heavy atom. The van der Waals surface area contributed by atoms with E-state index in [2.05, 4.69) is 5.32 Å². The van der Waals surface area contributed by atoms with Crippen molar-refractivity contribution in [1.29, 1.82) is 0 Å². The zero-order chi connectivity index (χ0) is 29.5. The quantitative estimate of drug-likeness (QED) is 0.234. The van der Waals surface area contributed by atoms with Crippen molar-refractivity contribution < 1.29 is 45.1 Å². The molecule has 0 spiro atoms. The Hall–Kier alpha value is -3.94. The summed E-state index contributed by atoms with van der Waals surface area (Å²) in [5.41, 5.74) is -3.09. The Kier molecular flexibility index (Phi) is 9.90. The van der Waals surface area contributed by atoms with Crippen LogP contribution in [0.5, 0.6) is 0 Å². The van der Waals surface area contributed by atoms with Gasteiger partial charge in [-0.1, -0.05) is 0 Å². The molecule has 0 aliphatic rings. The number of urea groups is 1. The molecule has 0 aliphatic heterocycles. The Morgan fingerprint density at radius 1 is 0.975 bits per heavy atom. The number of halogens is 6. The number of carbonyl (C=O) groups is 2. The molecule has 218 valence electrons. The van der Waals surface area contributed by atoms with Crippen LogP contribution in [0.3, 0.4) is 0 Å². The Balaban J connectivity index is 1.85. The second-order valence-electron chi connectivity index (χ2n) is 8.93. The van der Waals surface area contributed by atoms with Crippen molar-refractivity contribution in [3.05, 3.63) is 77.5 Å². The van der Waals surface area contributed by atoms with Gasteiger partial charge in [0, 0.05) is 44.9 Å². The predicted octanol–water partition coefficient (Wildman–Crippen LogP) is 5.76. The first-order chi connectivity index (χ1) is 18.8. The number of anilines is 1. The van der Waals surface area contributed by atoms with E-state index in [9.17, 15) is 35.9 Å². The number of nitrogens with one attached hydrogen (secondary N) is 1. The molecular weight excluding hydrogens is 546 g/mol. The Morgan fingerprint density at radius 2 is 1.65 bits per heavy atom. The van der Waals surface area contributed by atoms with Crippen LogP contribution < -0.4 is 5.32 Å². The monoisotopic (exact) mass is 574 g/mol. The fraction of sp³-hybridized carbons (Fsp3) is 0.385. The number of carbonyl (C=O) groups excluding carboxylic acids is 2. The summed E-state index contributed by atoms with van der Waals surface area (Å²) in [6, 6.07) is 6.63. The molecule has 0 unspecified atom stereocenters. The molecule has 0 atom stereocenters. The molecular formula is C26H28F6N4O4. The largest absolute Gasteiger partial charge is 0.467 e. The van der Waals surface area contributed by atoms with E-state index in [1.54, 1.807) is 42.1 Å². The van der Waals surface area contributed by atoms with Crippen molar-refractivity contribution in [2.24, 2.45) is 7.05 Å². The van der Waals surface area contributed by atoms with Gasteiger partial charge in [0.15, 0.2) is 0 Å². The van der Waals surface area contributed by atoms with Crippen LogP contribution in [-0.2, 0) is 42.0 Å². The molecule has 14 heteroatoms. The minimum atomic E-state index is -5.09. The summed E-state index contributed by atoms with van der Waals surface area (Å²) in [4.78, 5) is 28.9. The summed E-state index contributed by atoms with van der Waals surface area (Å²) in [7, 11) is 3.21. The number of benzene rings is 1. The molecule has 1 N–H and O–H groups in total. The maximum Gasteiger partial charge on any atom is 0.416 e. The molecule has 0 bridgehead atoms. The second kappa shape index (κ2) is 12.9. The van der Waals surface area contributed by atoms with Gasteiger partial charge in [-0.25, -0.2) is 4.79 Å². The van der Waals surface area contributed by atoms with Gasteiger partial charge in [-0.05, 0) is 48.9 Å². The normalized spacial score (nSPS) is 11.9. The zero-order valence-corrected chi connectivity index (χ0v) is 21.7. The Bertz CT molecular complexity index is 1240. The third-order valence-corrected chi connectivity index (χ3v) is 5.91. The molecule has 0 fully saturated rings. The lowest BCUT2D eigenvalue weighted by molar-refractivity contribution is -0.143. The average Bonchev–Trinajstić information content (AvgIpc) is 3.53. The minimum Gasteiger partial charge on any atom is -0.467 e. The van der Waals surface area contributed by atoms with E-state index in [0.717, 1.165) is 10.6 Å². The number of furan rings is 1. The second-order valence-corrected chi connectivity index (χ2v) is 8.93. The van der Waals surface area contributed by atoms with E-state index in [4.69, 9.17) is 9.15 Å². The molecule has 2 aromatic heterocycles. The fourth-order valence-corrected chi connectivity index (χ4v) is 3.82. The van der Waals surface area contributed by atoms with Crippen molar-refractivity contribution in [2.45, 2.75) is 31.9 Å². The number of aromatic nitrogens is 1. The predicted molar refractivity (Wildman–Crippen MR) is 132 cm³/mol. The molecule has 0 aliphatic carbocycles. The lowest BCUT2D eigenvalue weighted by Crippen LogP contribution is -2.44. The van der Waals surface area contributed by atoms with Gasteiger partial charge in [0.25, 0.3) is 0 Å². The molecule has 1 aromatic carbocycles. The highest BCUT2D eigenvalue weighted by Gasteiger charge is 2.37. The summed E-state index contributed by atoms with van der Waals surface area (Å²) >= 11 is 0. The number of alkyl halides is 6. The van der Waals surface area contributed by atoms with Crippen LogP contribution in [0.2, 0.25) is 0 Å². The third-order valence-electron chi connectivity index (χ3n) is 5.91. The molecule has 0 saturated heterocycles. The molecule has 3 aromatic rings. The summed E-state index contributed by atoms with van der Waals surface area (Å²) in [5, 5.41) is 2.09. The fourth-order valence-electron chi connectivity index (χ4n) is 3.82. The van der Waals surface area contributed by atoms with E-state index >= 15 is 0 Å². The van der Waals surface area contributed by atoms with Crippen molar-refractivity contribution >= 4 is 17.6 Å². The molecule has 40 heavy (non-hydrogen) atoms. The maximum atomic E-state index is 13.4. The van der Waals surface area contributed by atoms with Crippen molar-refractivity contribution in [1.82, 2.24) is 14.4 Å². The number of ether oxygens (including phenoxy) is 1. The van der Waals surface area contributed by atoms with E-state index in [1.807, 2.05) is 0 Å². The van der Waals surface area contributed by atoms with Crippen LogP contribution in [0.4, 0.5) is 36.8 Å². The first-order valence-corrected chi connectivity index (χ1v) is 12.0. The zero-order valence-electron chi connectivity index (χ0n) is 21.7. The first kappa shape index (κ1) is 30.6. The lowest BCUT2D eigenvalue weighted by Gasteiger charge is -2.28. The van der Waals surface area contributed by atoms with Crippen molar-refractivity contribution in [3.63, 3.8) is 0 Å². The number of rotatable bonds is 11. The maximum absolute atomic E-state index is 13.4. The number of hydrogen-bond acceptors (Lipinski definition) is 4.